The number of hydrogen-bond acceptors (Lipinski definition) is 4. The highest BCUT2D eigenvalue weighted by Crippen LogP contribution is 2.44. The molecule has 0 unspecified atom stereocenters. The van der Waals surface area contributed by atoms with Gasteiger partial charge in [0.15, 0.2) is 0 Å². The van der Waals surface area contributed by atoms with Crippen molar-refractivity contribution in [2.75, 3.05) is 4.90 Å². The zero-order valence-corrected chi connectivity index (χ0v) is 29.0. The Morgan fingerprint density at radius 2 is 0.902 bits per heavy atom. The lowest BCUT2D eigenvalue weighted by molar-refractivity contribution is 1.29. The number of pyridine rings is 1. The summed E-state index contributed by atoms with van der Waals surface area (Å²) in [4.78, 5) is 7.16. The van der Waals surface area contributed by atoms with E-state index in [0.29, 0.717) is 0 Å². The molecule has 0 aliphatic heterocycles. The summed E-state index contributed by atoms with van der Waals surface area (Å²) < 4.78 is 5.31. The summed E-state index contributed by atoms with van der Waals surface area (Å²) in [5, 5.41) is 11.5. The molecule has 0 amide bonds. The number of thiophene rings is 2. The van der Waals surface area contributed by atoms with Crippen molar-refractivity contribution < 1.29 is 0 Å². The van der Waals surface area contributed by atoms with Gasteiger partial charge in [-0.25, -0.2) is 0 Å². The van der Waals surface area contributed by atoms with Gasteiger partial charge in [0.05, 0.1) is 5.52 Å². The van der Waals surface area contributed by atoms with Crippen molar-refractivity contribution in [2.45, 2.75) is 0 Å². The number of aromatic nitrogens is 1. The number of hydrogen-bond donors (Lipinski definition) is 0. The van der Waals surface area contributed by atoms with Gasteiger partial charge in [-0.2, -0.15) is 0 Å². The number of para-hydroxylation sites is 1. The lowest BCUT2D eigenvalue weighted by Crippen LogP contribution is -2.10. The molecule has 0 atom stereocenters. The van der Waals surface area contributed by atoms with Gasteiger partial charge in [0, 0.05) is 85.3 Å². The monoisotopic (exact) mass is 684 g/mol. The van der Waals surface area contributed by atoms with E-state index < -0.39 is 0 Å². The highest BCUT2D eigenvalue weighted by atomic mass is 32.1. The first kappa shape index (κ1) is 28.7. The van der Waals surface area contributed by atoms with E-state index in [9.17, 15) is 0 Å². The predicted octanol–water partition coefficient (Wildman–Crippen LogP) is 14.4. The van der Waals surface area contributed by atoms with Gasteiger partial charge in [-0.15, -0.1) is 22.7 Å². The van der Waals surface area contributed by atoms with E-state index in [1.54, 1.807) is 0 Å². The van der Waals surface area contributed by atoms with E-state index in [0.717, 1.165) is 39.1 Å². The van der Waals surface area contributed by atoms with Crippen molar-refractivity contribution in [3.63, 3.8) is 0 Å². The zero-order valence-electron chi connectivity index (χ0n) is 27.4. The Bertz CT molecular complexity index is 3000. The van der Waals surface area contributed by atoms with Gasteiger partial charge in [0.2, 0.25) is 0 Å². The first-order chi connectivity index (χ1) is 25.2. The van der Waals surface area contributed by atoms with Gasteiger partial charge in [-0.1, -0.05) is 103 Å². The second-order valence-electron chi connectivity index (χ2n) is 13.2. The predicted molar refractivity (Wildman–Crippen MR) is 223 cm³/mol. The molecule has 0 fully saturated rings. The van der Waals surface area contributed by atoms with Crippen LogP contribution in [0.1, 0.15) is 0 Å². The molecule has 11 aromatic rings. The van der Waals surface area contributed by atoms with Crippen molar-refractivity contribution in [1.29, 1.82) is 0 Å². The van der Waals surface area contributed by atoms with E-state index in [2.05, 4.69) is 163 Å². The van der Waals surface area contributed by atoms with Crippen LogP contribution in [0.4, 0.5) is 17.1 Å². The Labute approximate surface area is 302 Å². The van der Waals surface area contributed by atoms with Crippen LogP contribution in [0.15, 0.2) is 170 Å². The molecule has 51 heavy (non-hydrogen) atoms. The number of benzene rings is 8. The fraction of sp³-hybridized carbons (Fsp3) is 0. The van der Waals surface area contributed by atoms with Crippen LogP contribution in [0.2, 0.25) is 0 Å². The van der Waals surface area contributed by atoms with E-state index in [1.807, 2.05) is 34.9 Å². The third-order valence-corrected chi connectivity index (χ3v) is 12.7. The molecule has 0 saturated carbocycles. The summed E-state index contributed by atoms with van der Waals surface area (Å²) in [6.07, 6.45) is 1.98. The normalized spacial score (nSPS) is 11.9. The van der Waals surface area contributed by atoms with Crippen LogP contribution in [-0.2, 0) is 0 Å². The molecule has 11 rings (SSSR count). The number of fused-ring (bicyclic) bond motifs is 11. The van der Waals surface area contributed by atoms with Crippen molar-refractivity contribution in [3.05, 3.63) is 170 Å². The molecule has 0 N–H and O–H groups in total. The topological polar surface area (TPSA) is 16.1 Å². The highest BCUT2D eigenvalue weighted by Gasteiger charge is 2.18. The van der Waals surface area contributed by atoms with Crippen LogP contribution in [0.5, 0.6) is 0 Å². The Morgan fingerprint density at radius 1 is 0.373 bits per heavy atom. The number of nitrogens with zero attached hydrogens (tertiary/aromatic N) is 2. The summed E-state index contributed by atoms with van der Waals surface area (Å²) in [6, 6.07) is 60.0. The van der Waals surface area contributed by atoms with E-state index in [-0.39, 0.29) is 0 Å². The maximum atomic E-state index is 4.74. The van der Waals surface area contributed by atoms with Crippen LogP contribution < -0.4 is 4.90 Å². The molecule has 3 heterocycles. The second kappa shape index (κ2) is 11.2. The van der Waals surface area contributed by atoms with Crippen LogP contribution >= 0.6 is 22.7 Å². The summed E-state index contributed by atoms with van der Waals surface area (Å²) in [6.45, 7) is 0. The number of rotatable bonds is 4. The molecular weight excluding hydrogens is 657 g/mol. The Hall–Kier alpha value is -6.07. The van der Waals surface area contributed by atoms with E-state index >= 15 is 0 Å². The molecule has 0 spiro atoms. The minimum absolute atomic E-state index is 1.01. The van der Waals surface area contributed by atoms with Crippen LogP contribution in [-0.4, -0.2) is 4.98 Å². The van der Waals surface area contributed by atoms with Gasteiger partial charge in [0.1, 0.15) is 0 Å². The molecule has 0 radical (unpaired) electrons. The van der Waals surface area contributed by atoms with Gasteiger partial charge in [0.25, 0.3) is 0 Å². The molecule has 0 saturated heterocycles. The van der Waals surface area contributed by atoms with Gasteiger partial charge in [-0.3, -0.25) is 4.98 Å². The van der Waals surface area contributed by atoms with Crippen molar-refractivity contribution >= 4 is 113 Å². The summed E-state index contributed by atoms with van der Waals surface area (Å²) >= 11 is 3.77. The quantitative estimate of drug-likeness (QED) is 0.183. The van der Waals surface area contributed by atoms with Gasteiger partial charge < -0.3 is 4.90 Å². The second-order valence-corrected chi connectivity index (χ2v) is 15.3. The zero-order chi connectivity index (χ0) is 33.5. The molecule has 0 aliphatic rings. The molecule has 3 aromatic heterocycles. The lowest BCUT2D eigenvalue weighted by atomic mass is 10.0. The Kier molecular flexibility index (Phi) is 6.32. The average Bonchev–Trinajstić information content (AvgIpc) is 3.77. The fourth-order valence-corrected chi connectivity index (χ4v) is 10.2. The van der Waals surface area contributed by atoms with E-state index in [1.165, 1.54) is 61.9 Å². The smallest absolute Gasteiger partial charge is 0.0702 e. The Morgan fingerprint density at radius 3 is 1.53 bits per heavy atom. The van der Waals surface area contributed by atoms with Crippen LogP contribution in [0.25, 0.3) is 83.9 Å². The van der Waals surface area contributed by atoms with Gasteiger partial charge >= 0.3 is 0 Å². The maximum absolute atomic E-state index is 4.74. The molecule has 238 valence electrons. The third kappa shape index (κ3) is 4.58. The van der Waals surface area contributed by atoms with Gasteiger partial charge in [-0.05, 0) is 77.0 Å². The Balaban J connectivity index is 1.12. The first-order valence-corrected chi connectivity index (χ1v) is 18.8. The minimum atomic E-state index is 1.01. The molecule has 8 aromatic carbocycles. The van der Waals surface area contributed by atoms with Crippen molar-refractivity contribution in [2.24, 2.45) is 0 Å². The average molecular weight is 685 g/mol. The van der Waals surface area contributed by atoms with Crippen LogP contribution in [0.3, 0.4) is 0 Å². The fourth-order valence-electron chi connectivity index (χ4n) is 7.74. The maximum Gasteiger partial charge on any atom is 0.0702 e. The van der Waals surface area contributed by atoms with E-state index in [4.69, 9.17) is 4.98 Å². The largest absolute Gasteiger partial charge is 0.310 e. The number of anilines is 3. The lowest BCUT2D eigenvalue weighted by Gasteiger charge is -2.26. The SMILES string of the molecule is c1ccc2ncc(-c3ccc(N(c4ccc5ccc6c7ccccc7sc6c5c4)c4ccc5ccc6c7ccccc7sc6c5c4)cc3)cc2c1. The minimum Gasteiger partial charge on any atom is -0.310 e. The molecule has 4 heteroatoms. The third-order valence-electron chi connectivity index (χ3n) is 10.3. The molecular formula is C47H28N2S2. The summed E-state index contributed by atoms with van der Waals surface area (Å²) in [7, 11) is 0. The highest BCUT2D eigenvalue weighted by molar-refractivity contribution is 7.27. The standard InChI is InChI=1S/C47H28N2S2/c1-4-10-43-32(7-1)25-33(28-48-43)29-13-19-34(20-14-29)49(35-21-15-30-17-23-39-37-8-2-5-11-44(37)50-46(39)41(30)26-35)36-22-16-31-18-24-40-38-9-3-6-12-45(38)51-47(40)42(31)27-36/h1-28H. The van der Waals surface area contributed by atoms with Crippen molar-refractivity contribution in [3.8, 4) is 11.1 Å². The van der Waals surface area contributed by atoms with Crippen molar-refractivity contribution in [1.82, 2.24) is 4.98 Å². The van der Waals surface area contributed by atoms with Crippen LogP contribution in [0, 0.1) is 0 Å². The summed E-state index contributed by atoms with van der Waals surface area (Å²) in [5.41, 5.74) is 6.65. The molecule has 2 nitrogen and oxygen atoms in total. The first-order valence-electron chi connectivity index (χ1n) is 17.2. The summed E-state index contributed by atoms with van der Waals surface area (Å²) in [5.74, 6) is 0. The molecule has 0 bridgehead atoms. The molecule has 0 aliphatic carbocycles.